The molecule has 0 aliphatic carbocycles. The minimum Gasteiger partial charge on any atom is -0.432 e. The Morgan fingerprint density at radius 1 is 1.13 bits per heavy atom. The van der Waals surface area contributed by atoms with Gasteiger partial charge >= 0.3 is 12.2 Å². The van der Waals surface area contributed by atoms with Crippen LogP contribution in [0.3, 0.4) is 0 Å². The first-order valence-corrected chi connectivity index (χ1v) is 14.1. The van der Waals surface area contributed by atoms with Crippen molar-refractivity contribution >= 4 is 23.8 Å². The summed E-state index contributed by atoms with van der Waals surface area (Å²) >= 11 is 0. The zero-order valence-electron chi connectivity index (χ0n) is 24.9. The Hall–Kier alpha value is -5.52. The fourth-order valence-corrected chi connectivity index (χ4v) is 5.05. The first-order chi connectivity index (χ1) is 22.0. The number of ether oxygens (including phenoxy) is 2. The number of tetrazole rings is 1. The van der Waals surface area contributed by atoms with E-state index in [-0.39, 0.29) is 51.0 Å². The molecule has 5 rings (SSSR count). The van der Waals surface area contributed by atoms with Crippen molar-refractivity contribution in [1.29, 1.82) is 0 Å². The van der Waals surface area contributed by atoms with Crippen LogP contribution < -0.4 is 14.8 Å². The standard InChI is InChI=1S/C28H30F2N10O6/c1-19(38-10-11-39(26(38)42)22-4-6-23(7-5-22)40-15-32-34-35-40)28(44,24-8-3-21(29)13-25(24)30)14-37-17-36(16-33-37)18-46-27(43)45-12-9-31-20(2)41/h3-8,13,15-17,19,44H,9-12,14,18H2,1-2H3/p+1/t19-,28-/m1/s1. The summed E-state index contributed by atoms with van der Waals surface area (Å²) in [4.78, 5) is 39.3. The van der Waals surface area contributed by atoms with Gasteiger partial charge in [-0.2, -0.15) is 0 Å². The molecule has 2 aromatic heterocycles. The van der Waals surface area contributed by atoms with E-state index in [4.69, 9.17) is 9.47 Å². The summed E-state index contributed by atoms with van der Waals surface area (Å²) in [6.07, 6.45) is 3.16. The predicted octanol–water partition coefficient (Wildman–Crippen LogP) is 0.890. The van der Waals surface area contributed by atoms with Crippen molar-refractivity contribution in [2.75, 3.05) is 31.1 Å². The molecule has 16 nitrogen and oxygen atoms in total. The monoisotopic (exact) mass is 641 g/mol. The molecule has 242 valence electrons. The molecule has 1 fully saturated rings. The molecule has 2 aromatic carbocycles. The maximum Gasteiger partial charge on any atom is 0.511 e. The Labute approximate surface area is 260 Å². The van der Waals surface area contributed by atoms with Gasteiger partial charge in [-0.1, -0.05) is 6.07 Å². The summed E-state index contributed by atoms with van der Waals surface area (Å²) in [6.45, 7) is 2.78. The van der Waals surface area contributed by atoms with Crippen molar-refractivity contribution in [2.45, 2.75) is 38.8 Å². The Bertz CT molecular complexity index is 1690. The number of nitrogens with one attached hydrogen (secondary N) is 1. The van der Waals surface area contributed by atoms with Gasteiger partial charge in [-0.25, -0.2) is 27.6 Å². The van der Waals surface area contributed by atoms with E-state index in [9.17, 15) is 23.9 Å². The van der Waals surface area contributed by atoms with E-state index < -0.39 is 35.5 Å². The minimum absolute atomic E-state index is 0.0881. The number of hydrogen-bond donors (Lipinski definition) is 2. The molecule has 0 spiro atoms. The zero-order chi connectivity index (χ0) is 32.8. The number of halogens is 2. The highest BCUT2D eigenvalue weighted by Crippen LogP contribution is 2.35. The first kappa shape index (κ1) is 31.9. The number of aromatic nitrogens is 7. The molecular formula is C28H31F2N10O6+. The van der Waals surface area contributed by atoms with Gasteiger partial charge in [-0.15, -0.1) is 9.78 Å². The number of carbonyl (C=O) groups excluding carboxylic acids is 3. The van der Waals surface area contributed by atoms with Gasteiger partial charge in [-0.05, 0) is 47.7 Å². The van der Waals surface area contributed by atoms with E-state index in [1.54, 1.807) is 31.2 Å². The van der Waals surface area contributed by atoms with Crippen LogP contribution in [-0.2, 0) is 33.1 Å². The van der Waals surface area contributed by atoms with Gasteiger partial charge < -0.3 is 24.8 Å². The van der Waals surface area contributed by atoms with Crippen LogP contribution in [0.25, 0.3) is 5.69 Å². The van der Waals surface area contributed by atoms with Crippen LogP contribution in [0.1, 0.15) is 19.4 Å². The number of rotatable bonds is 12. The topological polar surface area (TPSA) is 174 Å². The molecule has 3 heterocycles. The minimum atomic E-state index is -2.08. The second-order valence-corrected chi connectivity index (χ2v) is 10.4. The second kappa shape index (κ2) is 13.6. The molecule has 2 N–H and O–H groups in total. The molecule has 1 aliphatic rings. The molecule has 0 unspecified atom stereocenters. The van der Waals surface area contributed by atoms with Crippen molar-refractivity contribution in [2.24, 2.45) is 0 Å². The molecule has 0 saturated carbocycles. The van der Waals surface area contributed by atoms with Crippen molar-refractivity contribution in [3.8, 4) is 5.69 Å². The summed E-state index contributed by atoms with van der Waals surface area (Å²) in [5.41, 5.74) is -1.04. The largest absolute Gasteiger partial charge is 0.511 e. The third-order valence-corrected chi connectivity index (χ3v) is 7.43. The number of hydrogen-bond acceptors (Lipinski definition) is 10. The Balaban J connectivity index is 1.31. The highest BCUT2D eigenvalue weighted by molar-refractivity contribution is 5.94. The van der Waals surface area contributed by atoms with Gasteiger partial charge in [0.25, 0.3) is 6.33 Å². The quantitative estimate of drug-likeness (QED) is 0.129. The van der Waals surface area contributed by atoms with E-state index in [1.165, 1.54) is 49.6 Å². The predicted molar refractivity (Wildman–Crippen MR) is 152 cm³/mol. The van der Waals surface area contributed by atoms with Crippen LogP contribution in [0.4, 0.5) is 24.1 Å². The van der Waals surface area contributed by atoms with Crippen LogP contribution in [0.2, 0.25) is 0 Å². The Morgan fingerprint density at radius 2 is 1.89 bits per heavy atom. The zero-order valence-corrected chi connectivity index (χ0v) is 24.9. The van der Waals surface area contributed by atoms with E-state index in [0.717, 1.165) is 12.1 Å². The SMILES string of the molecule is CC(=O)NCCOC(=O)OC[n+]1cnn(C[C@](O)(c2ccc(F)cc2F)[C@@H](C)N2CCN(c3ccc(-n4cnnn4)cc3)C2=O)c1. The van der Waals surface area contributed by atoms with Crippen molar-refractivity contribution in [3.05, 3.63) is 78.6 Å². The maximum absolute atomic E-state index is 15.2. The molecule has 18 heteroatoms. The lowest BCUT2D eigenvalue weighted by molar-refractivity contribution is -0.728. The van der Waals surface area contributed by atoms with Crippen LogP contribution in [0.15, 0.2) is 61.4 Å². The Morgan fingerprint density at radius 3 is 2.59 bits per heavy atom. The average molecular weight is 642 g/mol. The molecule has 1 aliphatic heterocycles. The molecule has 2 atom stereocenters. The molecule has 1 saturated heterocycles. The lowest BCUT2D eigenvalue weighted by Gasteiger charge is -2.38. The highest BCUT2D eigenvalue weighted by Gasteiger charge is 2.47. The van der Waals surface area contributed by atoms with E-state index >= 15 is 4.39 Å². The average Bonchev–Trinajstić information content (AvgIpc) is 3.80. The van der Waals surface area contributed by atoms with Gasteiger partial charge in [0.1, 0.15) is 36.7 Å². The number of carbonyl (C=O) groups is 3. The van der Waals surface area contributed by atoms with Crippen molar-refractivity contribution in [3.63, 3.8) is 0 Å². The molecule has 46 heavy (non-hydrogen) atoms. The van der Waals surface area contributed by atoms with Gasteiger partial charge in [-0.3, -0.25) is 9.69 Å². The van der Waals surface area contributed by atoms with Crippen LogP contribution in [0, 0.1) is 11.6 Å². The summed E-state index contributed by atoms with van der Waals surface area (Å²) < 4.78 is 43.1. The molecule has 0 radical (unpaired) electrons. The summed E-state index contributed by atoms with van der Waals surface area (Å²) in [7, 11) is 0. The summed E-state index contributed by atoms with van der Waals surface area (Å²) in [6, 6.07) is 8.34. The Kier molecular flexibility index (Phi) is 9.45. The number of urea groups is 1. The number of anilines is 1. The molecule has 0 bridgehead atoms. The van der Waals surface area contributed by atoms with Gasteiger partial charge in [0, 0.05) is 42.4 Å². The van der Waals surface area contributed by atoms with Crippen LogP contribution >= 0.6 is 0 Å². The fourth-order valence-electron chi connectivity index (χ4n) is 5.05. The lowest BCUT2D eigenvalue weighted by atomic mass is 9.85. The smallest absolute Gasteiger partial charge is 0.432 e. The third kappa shape index (κ3) is 7.06. The highest BCUT2D eigenvalue weighted by atomic mass is 19.1. The summed E-state index contributed by atoms with van der Waals surface area (Å²) in [5, 5.41) is 29.9. The van der Waals surface area contributed by atoms with E-state index in [0.29, 0.717) is 17.4 Å². The molecule has 3 amide bonds. The van der Waals surface area contributed by atoms with Crippen molar-refractivity contribution in [1.82, 2.24) is 40.2 Å². The van der Waals surface area contributed by atoms with E-state index in [1.807, 2.05) is 0 Å². The first-order valence-electron chi connectivity index (χ1n) is 14.1. The fraction of sp³-hybridized carbons (Fsp3) is 0.357. The van der Waals surface area contributed by atoms with E-state index in [2.05, 4.69) is 25.9 Å². The number of nitrogens with zero attached hydrogens (tertiary/aromatic N) is 9. The van der Waals surface area contributed by atoms with Gasteiger partial charge in [0.2, 0.25) is 19.0 Å². The molecule has 4 aromatic rings. The normalized spacial score (nSPS) is 15.0. The second-order valence-electron chi connectivity index (χ2n) is 10.4. The van der Waals surface area contributed by atoms with Crippen molar-refractivity contribution < 1.29 is 42.3 Å². The van der Waals surface area contributed by atoms with Crippen LogP contribution in [0.5, 0.6) is 0 Å². The third-order valence-electron chi connectivity index (χ3n) is 7.43. The number of benzene rings is 2. The molecular weight excluding hydrogens is 610 g/mol. The number of aliphatic hydroxyl groups is 1. The number of amides is 3. The maximum atomic E-state index is 15.2. The van der Waals surface area contributed by atoms with Crippen LogP contribution in [-0.4, -0.2) is 90.4 Å². The summed E-state index contributed by atoms with van der Waals surface area (Å²) in [5.74, 6) is -2.10. The lowest BCUT2D eigenvalue weighted by Crippen LogP contribution is -2.53. The van der Waals surface area contributed by atoms with Gasteiger partial charge in [0.05, 0.1) is 18.3 Å². The van der Waals surface area contributed by atoms with Gasteiger partial charge in [0.15, 0.2) is 0 Å².